The maximum absolute atomic E-state index is 9.13. The topological polar surface area (TPSA) is 93.5 Å². The number of rotatable bonds is 0. The Hall–Kier alpha value is -0.200. The number of ether oxygens (including phenoxy) is 1. The van der Waals surface area contributed by atoms with Gasteiger partial charge in [0, 0.05) is 0 Å². The van der Waals surface area contributed by atoms with Crippen LogP contribution in [-0.2, 0) is 4.74 Å². The van der Waals surface area contributed by atoms with Gasteiger partial charge in [-0.1, -0.05) is 0 Å². The monoisotopic (exact) mass is 162 g/mol. The van der Waals surface area contributed by atoms with Crippen molar-refractivity contribution in [1.29, 1.82) is 0 Å². The molecule has 0 spiro atoms. The zero-order chi connectivity index (χ0) is 8.17. The fraction of sp³-hybridized carbons (Fsp3) is 1.00. The lowest BCUT2D eigenvalue weighted by molar-refractivity contribution is -0.121. The Morgan fingerprint density at radius 1 is 0.636 bits per heavy atom. The van der Waals surface area contributed by atoms with Crippen LogP contribution in [0.25, 0.3) is 0 Å². The van der Waals surface area contributed by atoms with Crippen molar-refractivity contribution < 1.29 is 25.2 Å². The van der Waals surface area contributed by atoms with Gasteiger partial charge in [-0.05, 0) is 0 Å². The lowest BCUT2D eigenvalue weighted by Crippen LogP contribution is -2.53. The van der Waals surface area contributed by atoms with E-state index in [-0.39, 0.29) is 0 Å². The Balaban J connectivity index is 2.13. The molecule has 2 rings (SSSR count). The van der Waals surface area contributed by atoms with Crippen molar-refractivity contribution in [2.45, 2.75) is 36.6 Å². The third-order valence-corrected chi connectivity index (χ3v) is 2.28. The lowest BCUT2D eigenvalue weighted by Gasteiger charge is -2.28. The molecule has 2 aliphatic rings. The first-order valence-electron chi connectivity index (χ1n) is 3.50. The number of hydrogen-bond acceptors (Lipinski definition) is 5. The van der Waals surface area contributed by atoms with Gasteiger partial charge < -0.3 is 25.2 Å². The zero-order valence-corrected chi connectivity index (χ0v) is 5.66. The van der Waals surface area contributed by atoms with E-state index >= 15 is 0 Å². The largest absolute Gasteiger partial charge is 0.387 e. The summed E-state index contributed by atoms with van der Waals surface area (Å²) in [4.78, 5) is 0. The average Bonchev–Trinajstić information content (AvgIpc) is 2.76. The summed E-state index contributed by atoms with van der Waals surface area (Å²) < 4.78 is 4.82. The summed E-state index contributed by atoms with van der Waals surface area (Å²) in [5, 5.41) is 36.4. The van der Waals surface area contributed by atoms with Gasteiger partial charge >= 0.3 is 0 Å². The molecule has 0 aromatic carbocycles. The molecular formula is C6H10O5. The van der Waals surface area contributed by atoms with E-state index in [0.29, 0.717) is 0 Å². The maximum atomic E-state index is 9.13. The van der Waals surface area contributed by atoms with Crippen LogP contribution in [0.4, 0.5) is 0 Å². The summed E-state index contributed by atoms with van der Waals surface area (Å²) in [6, 6.07) is 0. The van der Waals surface area contributed by atoms with Gasteiger partial charge in [-0.25, -0.2) is 0 Å². The van der Waals surface area contributed by atoms with E-state index in [1.54, 1.807) is 0 Å². The minimum atomic E-state index is -1.30. The Bertz CT molecular complexity index is 154. The second kappa shape index (κ2) is 2.15. The molecule has 0 aromatic rings. The molecule has 2 unspecified atom stereocenters. The van der Waals surface area contributed by atoms with Gasteiger partial charge in [-0.3, -0.25) is 0 Å². The van der Waals surface area contributed by atoms with Gasteiger partial charge in [0.05, 0.1) is 0 Å². The lowest BCUT2D eigenvalue weighted by atomic mass is 9.90. The molecule has 6 atom stereocenters. The molecule has 0 aromatic heterocycles. The first-order valence-corrected chi connectivity index (χ1v) is 3.50. The first-order chi connectivity index (χ1) is 5.13. The number of aliphatic hydroxyl groups is 4. The molecule has 1 saturated carbocycles. The van der Waals surface area contributed by atoms with Gasteiger partial charge in [-0.15, -0.1) is 0 Å². The number of hydrogen-bond donors (Lipinski definition) is 4. The third-order valence-electron chi connectivity index (χ3n) is 2.28. The number of fused-ring (bicyclic) bond motifs is 1. The normalized spacial score (nSPS) is 62.2. The predicted molar refractivity (Wildman–Crippen MR) is 32.7 cm³/mol. The van der Waals surface area contributed by atoms with Gasteiger partial charge in [-0.2, -0.15) is 0 Å². The van der Waals surface area contributed by atoms with Crippen molar-refractivity contribution in [3.05, 3.63) is 0 Å². The Morgan fingerprint density at radius 3 is 1.36 bits per heavy atom. The van der Waals surface area contributed by atoms with Gasteiger partial charge in [0.1, 0.15) is 36.6 Å². The van der Waals surface area contributed by atoms with E-state index in [1.807, 2.05) is 0 Å². The van der Waals surface area contributed by atoms with E-state index in [1.165, 1.54) is 0 Å². The molecule has 1 saturated heterocycles. The average molecular weight is 162 g/mol. The quantitative estimate of drug-likeness (QED) is 0.289. The molecule has 64 valence electrons. The highest BCUT2D eigenvalue weighted by Crippen LogP contribution is 2.37. The van der Waals surface area contributed by atoms with Crippen molar-refractivity contribution in [2.24, 2.45) is 0 Å². The highest BCUT2D eigenvalue weighted by molar-refractivity contribution is 5.07. The molecule has 1 aliphatic heterocycles. The smallest absolute Gasteiger partial charge is 0.115 e. The van der Waals surface area contributed by atoms with Crippen molar-refractivity contribution in [3.63, 3.8) is 0 Å². The molecule has 11 heavy (non-hydrogen) atoms. The molecule has 1 aliphatic carbocycles. The van der Waals surface area contributed by atoms with E-state index in [0.717, 1.165) is 0 Å². The summed E-state index contributed by atoms with van der Waals surface area (Å²) in [7, 11) is 0. The minimum Gasteiger partial charge on any atom is -0.387 e. The molecule has 5 nitrogen and oxygen atoms in total. The van der Waals surface area contributed by atoms with Crippen LogP contribution in [0.5, 0.6) is 0 Å². The fourth-order valence-electron chi connectivity index (χ4n) is 1.48. The van der Waals surface area contributed by atoms with Crippen LogP contribution in [0.1, 0.15) is 0 Å². The highest BCUT2D eigenvalue weighted by Gasteiger charge is 2.59. The van der Waals surface area contributed by atoms with E-state index in [4.69, 9.17) is 25.2 Å². The van der Waals surface area contributed by atoms with Crippen molar-refractivity contribution in [3.8, 4) is 0 Å². The van der Waals surface area contributed by atoms with E-state index in [2.05, 4.69) is 0 Å². The molecule has 5 heteroatoms. The minimum absolute atomic E-state index is 0.497. The standard InChI is InChI=1S/C6H10O5/c7-1-2(8)4(10)6-5(11-6)3(1)9/h1-10H/t1-,2?,3+,4+,5+,6?/m0/s1. The van der Waals surface area contributed by atoms with E-state index in [9.17, 15) is 0 Å². The summed E-state index contributed by atoms with van der Waals surface area (Å²) in [5.41, 5.74) is 0. The van der Waals surface area contributed by atoms with Crippen molar-refractivity contribution in [1.82, 2.24) is 0 Å². The SMILES string of the molecule is OC1[C@@H](O)C2O[C@@H]2[C@H](O)[C@H]1O. The van der Waals surface area contributed by atoms with Crippen LogP contribution >= 0.6 is 0 Å². The molecular weight excluding hydrogens is 152 g/mol. The molecule has 0 amide bonds. The van der Waals surface area contributed by atoms with Crippen molar-refractivity contribution in [2.75, 3.05) is 0 Å². The van der Waals surface area contributed by atoms with Crippen molar-refractivity contribution >= 4 is 0 Å². The van der Waals surface area contributed by atoms with E-state index < -0.39 is 36.6 Å². The summed E-state index contributed by atoms with van der Waals surface area (Å²) in [5.74, 6) is 0. The first kappa shape index (κ1) is 7.45. The molecule has 1 heterocycles. The Kier molecular flexibility index (Phi) is 1.45. The van der Waals surface area contributed by atoms with Crippen LogP contribution in [0.15, 0.2) is 0 Å². The molecule has 0 radical (unpaired) electrons. The summed E-state index contributed by atoms with van der Waals surface area (Å²) in [6.45, 7) is 0. The van der Waals surface area contributed by atoms with Crippen LogP contribution in [0.3, 0.4) is 0 Å². The van der Waals surface area contributed by atoms with Crippen LogP contribution in [0.2, 0.25) is 0 Å². The summed E-state index contributed by atoms with van der Waals surface area (Å²) >= 11 is 0. The third kappa shape index (κ3) is 0.896. The molecule has 4 N–H and O–H groups in total. The maximum Gasteiger partial charge on any atom is 0.115 e. The van der Waals surface area contributed by atoms with Gasteiger partial charge in [0.25, 0.3) is 0 Å². The Labute approximate surface area is 62.8 Å². The Morgan fingerprint density at radius 2 is 1.00 bits per heavy atom. The summed E-state index contributed by atoms with van der Waals surface area (Å²) in [6.07, 6.45) is -5.73. The molecule has 0 bridgehead atoms. The molecule has 2 fully saturated rings. The van der Waals surface area contributed by atoms with Gasteiger partial charge in [0.2, 0.25) is 0 Å². The predicted octanol–water partition coefficient (Wildman–Crippen LogP) is -2.79. The second-order valence-electron chi connectivity index (χ2n) is 3.03. The number of epoxide rings is 1. The second-order valence-corrected chi connectivity index (χ2v) is 3.03. The van der Waals surface area contributed by atoms with Crippen LogP contribution < -0.4 is 0 Å². The zero-order valence-electron chi connectivity index (χ0n) is 5.66. The highest BCUT2D eigenvalue weighted by atomic mass is 16.6. The van der Waals surface area contributed by atoms with Crippen LogP contribution in [-0.4, -0.2) is 57.0 Å². The number of aliphatic hydroxyl groups excluding tert-OH is 4. The fourth-order valence-corrected chi connectivity index (χ4v) is 1.48. The van der Waals surface area contributed by atoms with Crippen LogP contribution in [0, 0.1) is 0 Å². The van der Waals surface area contributed by atoms with Gasteiger partial charge in [0.15, 0.2) is 0 Å².